The summed E-state index contributed by atoms with van der Waals surface area (Å²) in [5, 5.41) is 1.59. The van der Waals surface area contributed by atoms with Gasteiger partial charge in [-0.2, -0.15) is 0 Å². The van der Waals surface area contributed by atoms with E-state index in [0.717, 1.165) is 6.42 Å². The van der Waals surface area contributed by atoms with Gasteiger partial charge in [-0.05, 0) is 42.2 Å². The fourth-order valence-electron chi connectivity index (χ4n) is 2.36. The molecule has 0 aromatic heterocycles. The van der Waals surface area contributed by atoms with Gasteiger partial charge >= 0.3 is 0 Å². The van der Waals surface area contributed by atoms with E-state index in [1.165, 1.54) is 22.3 Å². The maximum absolute atomic E-state index is 2.37. The lowest BCUT2D eigenvalue weighted by molar-refractivity contribution is 1.23. The van der Waals surface area contributed by atoms with Crippen LogP contribution in [0, 0.1) is 0 Å². The highest BCUT2D eigenvalue weighted by atomic mass is 28.2. The zero-order chi connectivity index (χ0) is 11.0. The SMILES string of the molecule is CC1=CCC(C)=C1C1=CC=CC1=[Si](C)C. The molecule has 0 aromatic rings. The van der Waals surface area contributed by atoms with Crippen LogP contribution in [0.4, 0.5) is 0 Å². The molecule has 0 fully saturated rings. The molecule has 0 amide bonds. The van der Waals surface area contributed by atoms with E-state index in [4.69, 9.17) is 0 Å². The summed E-state index contributed by atoms with van der Waals surface area (Å²) in [5.74, 6) is 0. The molecule has 0 spiro atoms. The lowest BCUT2D eigenvalue weighted by Crippen LogP contribution is -2.10. The summed E-state index contributed by atoms with van der Waals surface area (Å²) in [5.41, 5.74) is 6.00. The molecular weight excluding hydrogens is 196 g/mol. The highest BCUT2D eigenvalue weighted by Gasteiger charge is 2.19. The molecule has 0 saturated heterocycles. The van der Waals surface area contributed by atoms with Gasteiger partial charge in [-0.1, -0.05) is 43.0 Å². The van der Waals surface area contributed by atoms with Crippen molar-refractivity contribution in [3.8, 4) is 0 Å². The predicted molar refractivity (Wildman–Crippen MR) is 70.8 cm³/mol. The van der Waals surface area contributed by atoms with Crippen LogP contribution in [-0.4, -0.2) is 13.6 Å². The average molecular weight is 214 g/mol. The first-order valence-electron chi connectivity index (χ1n) is 5.54. The van der Waals surface area contributed by atoms with E-state index in [1.807, 2.05) is 0 Å². The molecule has 0 heterocycles. The number of rotatable bonds is 1. The fraction of sp³-hybridized carbons (Fsp3) is 0.357. The third kappa shape index (κ3) is 1.76. The van der Waals surface area contributed by atoms with Gasteiger partial charge in [0.1, 0.15) is 0 Å². The van der Waals surface area contributed by atoms with Crippen molar-refractivity contribution in [2.24, 2.45) is 0 Å². The number of allylic oxidation sites excluding steroid dienone is 8. The normalized spacial score (nSPS) is 19.9. The van der Waals surface area contributed by atoms with Crippen molar-refractivity contribution >= 4 is 13.6 Å². The largest absolute Gasteiger partial charge is 0.0769 e. The Morgan fingerprint density at radius 2 is 1.93 bits per heavy atom. The molecule has 0 atom stereocenters. The monoisotopic (exact) mass is 214 g/mol. The minimum absolute atomic E-state index is 0.343. The summed E-state index contributed by atoms with van der Waals surface area (Å²) in [7, 11) is -0.343. The smallest absolute Gasteiger partial charge is 0.0136 e. The topological polar surface area (TPSA) is 0 Å². The molecule has 0 radical (unpaired) electrons. The van der Waals surface area contributed by atoms with Crippen molar-refractivity contribution in [2.45, 2.75) is 33.4 Å². The Bertz CT molecular complexity index is 450. The molecule has 2 aliphatic carbocycles. The first-order chi connectivity index (χ1) is 7.11. The van der Waals surface area contributed by atoms with Crippen LogP contribution in [0.1, 0.15) is 20.3 Å². The summed E-state index contributed by atoms with van der Waals surface area (Å²) >= 11 is 0. The van der Waals surface area contributed by atoms with Crippen LogP contribution < -0.4 is 0 Å². The van der Waals surface area contributed by atoms with E-state index in [0.29, 0.717) is 0 Å². The second-order valence-electron chi connectivity index (χ2n) is 4.60. The third-order valence-electron chi connectivity index (χ3n) is 3.16. The predicted octanol–water partition coefficient (Wildman–Crippen LogP) is 3.66. The third-order valence-corrected chi connectivity index (χ3v) is 4.67. The van der Waals surface area contributed by atoms with E-state index in [-0.39, 0.29) is 8.41 Å². The standard InChI is InChI=1S/C14H18Si/c1-10-8-9-11(2)14(10)12-6-5-7-13(12)15(3)4/h5-8H,9H2,1-4H3. The molecule has 0 bridgehead atoms. The van der Waals surface area contributed by atoms with Crippen molar-refractivity contribution in [1.82, 2.24) is 0 Å². The van der Waals surface area contributed by atoms with Crippen molar-refractivity contribution in [3.05, 3.63) is 46.6 Å². The van der Waals surface area contributed by atoms with Crippen molar-refractivity contribution in [2.75, 3.05) is 0 Å². The van der Waals surface area contributed by atoms with Gasteiger partial charge in [0.15, 0.2) is 0 Å². The zero-order valence-electron chi connectivity index (χ0n) is 10.0. The molecule has 0 aliphatic heterocycles. The van der Waals surface area contributed by atoms with Gasteiger partial charge in [0.2, 0.25) is 0 Å². The molecule has 78 valence electrons. The highest BCUT2D eigenvalue weighted by molar-refractivity contribution is 6.74. The second-order valence-corrected chi connectivity index (χ2v) is 7.14. The van der Waals surface area contributed by atoms with Gasteiger partial charge in [-0.25, -0.2) is 0 Å². The van der Waals surface area contributed by atoms with E-state index in [1.54, 1.807) is 5.17 Å². The Balaban J connectivity index is 2.47. The van der Waals surface area contributed by atoms with Crippen molar-refractivity contribution in [3.63, 3.8) is 0 Å². The molecular formula is C14H18Si. The van der Waals surface area contributed by atoms with Gasteiger partial charge in [0.25, 0.3) is 0 Å². The van der Waals surface area contributed by atoms with Gasteiger partial charge in [0, 0.05) is 8.41 Å². The van der Waals surface area contributed by atoms with Gasteiger partial charge in [-0.3, -0.25) is 0 Å². The molecule has 2 aliphatic rings. The number of hydrogen-bond acceptors (Lipinski definition) is 0. The quantitative estimate of drug-likeness (QED) is 0.584. The lowest BCUT2D eigenvalue weighted by atomic mass is 9.98. The first-order valence-corrected chi connectivity index (χ1v) is 8.04. The van der Waals surface area contributed by atoms with Gasteiger partial charge < -0.3 is 0 Å². The highest BCUT2D eigenvalue weighted by Crippen LogP contribution is 2.33. The van der Waals surface area contributed by atoms with E-state index >= 15 is 0 Å². The first kappa shape index (κ1) is 10.6. The molecule has 0 unspecified atom stereocenters. The van der Waals surface area contributed by atoms with Crippen LogP contribution >= 0.6 is 0 Å². The molecule has 2 rings (SSSR count). The summed E-state index contributed by atoms with van der Waals surface area (Å²) in [6.45, 7) is 9.23. The van der Waals surface area contributed by atoms with Crippen LogP contribution in [0.3, 0.4) is 0 Å². The Morgan fingerprint density at radius 1 is 1.20 bits per heavy atom. The van der Waals surface area contributed by atoms with Gasteiger partial charge in [0.05, 0.1) is 0 Å². The van der Waals surface area contributed by atoms with E-state index in [9.17, 15) is 0 Å². The maximum Gasteiger partial charge on any atom is 0.0136 e. The van der Waals surface area contributed by atoms with Gasteiger partial charge in [-0.15, -0.1) is 0 Å². The Morgan fingerprint density at radius 3 is 2.47 bits per heavy atom. The number of hydrogen-bond donors (Lipinski definition) is 0. The maximum atomic E-state index is 2.37. The molecule has 0 aromatic carbocycles. The fourth-order valence-corrected chi connectivity index (χ4v) is 3.54. The molecule has 0 N–H and O–H groups in total. The lowest BCUT2D eigenvalue weighted by Gasteiger charge is -2.12. The second kappa shape index (κ2) is 3.90. The summed E-state index contributed by atoms with van der Waals surface area (Å²) in [6, 6.07) is 0. The minimum atomic E-state index is -0.343. The van der Waals surface area contributed by atoms with Crippen LogP contribution in [0.5, 0.6) is 0 Å². The van der Waals surface area contributed by atoms with Crippen LogP contribution in [0.15, 0.2) is 46.6 Å². The molecule has 15 heavy (non-hydrogen) atoms. The molecule has 1 heteroatoms. The molecule has 0 nitrogen and oxygen atoms in total. The average Bonchev–Trinajstić information content (AvgIpc) is 2.73. The Hall–Kier alpha value is -0.953. The van der Waals surface area contributed by atoms with E-state index in [2.05, 4.69) is 51.2 Å². The van der Waals surface area contributed by atoms with Crippen molar-refractivity contribution < 1.29 is 0 Å². The molecule has 0 saturated carbocycles. The van der Waals surface area contributed by atoms with Crippen LogP contribution in [0.25, 0.3) is 0 Å². The van der Waals surface area contributed by atoms with E-state index < -0.39 is 0 Å². The Kier molecular flexibility index (Phi) is 2.74. The summed E-state index contributed by atoms with van der Waals surface area (Å²) in [6.07, 6.45) is 10.3. The van der Waals surface area contributed by atoms with Crippen LogP contribution in [0.2, 0.25) is 13.1 Å². The Labute approximate surface area is 93.9 Å². The minimum Gasteiger partial charge on any atom is -0.0769 e. The summed E-state index contributed by atoms with van der Waals surface area (Å²) < 4.78 is 0. The summed E-state index contributed by atoms with van der Waals surface area (Å²) in [4.78, 5) is 0. The van der Waals surface area contributed by atoms with Crippen LogP contribution in [-0.2, 0) is 0 Å². The zero-order valence-corrected chi connectivity index (χ0v) is 11.0. The van der Waals surface area contributed by atoms with Crippen molar-refractivity contribution in [1.29, 1.82) is 0 Å².